The SMILES string of the molecule is CC(N=[N+]=[N-])c1ccc2cccnc2c1-c1cncc(F)c1. The first-order chi connectivity index (χ1) is 10.7. The summed E-state index contributed by atoms with van der Waals surface area (Å²) in [5.41, 5.74) is 11.6. The van der Waals surface area contributed by atoms with Gasteiger partial charge in [0.1, 0.15) is 5.82 Å². The van der Waals surface area contributed by atoms with E-state index in [4.69, 9.17) is 5.53 Å². The maximum Gasteiger partial charge on any atom is 0.142 e. The predicted octanol–water partition coefficient (Wildman–Crippen LogP) is 4.81. The van der Waals surface area contributed by atoms with Crippen molar-refractivity contribution in [2.24, 2.45) is 5.11 Å². The van der Waals surface area contributed by atoms with E-state index in [1.54, 1.807) is 19.3 Å². The van der Waals surface area contributed by atoms with E-state index in [1.807, 2.05) is 24.3 Å². The van der Waals surface area contributed by atoms with Crippen LogP contribution in [0.25, 0.3) is 32.5 Å². The van der Waals surface area contributed by atoms with E-state index in [1.165, 1.54) is 6.07 Å². The second kappa shape index (κ2) is 5.79. The molecule has 108 valence electrons. The zero-order valence-electron chi connectivity index (χ0n) is 11.8. The number of pyridine rings is 2. The second-order valence-electron chi connectivity index (χ2n) is 4.88. The fourth-order valence-electron chi connectivity index (χ4n) is 2.50. The summed E-state index contributed by atoms with van der Waals surface area (Å²) in [6.45, 7) is 1.79. The summed E-state index contributed by atoms with van der Waals surface area (Å²) in [4.78, 5) is 11.2. The third-order valence-corrected chi connectivity index (χ3v) is 3.48. The van der Waals surface area contributed by atoms with Gasteiger partial charge in [0.05, 0.1) is 17.8 Å². The summed E-state index contributed by atoms with van der Waals surface area (Å²) in [6.07, 6.45) is 4.41. The minimum Gasteiger partial charge on any atom is -0.261 e. The highest BCUT2D eigenvalue weighted by Gasteiger charge is 2.16. The number of aromatic nitrogens is 2. The Balaban J connectivity index is 2.36. The normalized spacial score (nSPS) is 11.9. The molecule has 0 bridgehead atoms. The molecule has 0 aliphatic heterocycles. The maximum atomic E-state index is 13.6. The summed E-state index contributed by atoms with van der Waals surface area (Å²) in [7, 11) is 0. The quantitative estimate of drug-likeness (QED) is 0.395. The molecule has 0 spiro atoms. The van der Waals surface area contributed by atoms with Gasteiger partial charge in [0.15, 0.2) is 0 Å². The van der Waals surface area contributed by atoms with Crippen molar-refractivity contribution in [3.05, 3.63) is 70.7 Å². The molecular weight excluding hydrogens is 281 g/mol. The molecule has 0 aliphatic carbocycles. The summed E-state index contributed by atoms with van der Waals surface area (Å²) in [6, 6.07) is 8.58. The van der Waals surface area contributed by atoms with Gasteiger partial charge in [0.2, 0.25) is 0 Å². The Morgan fingerprint density at radius 3 is 2.91 bits per heavy atom. The summed E-state index contributed by atoms with van der Waals surface area (Å²) in [5.74, 6) is -0.423. The number of azide groups is 1. The smallest absolute Gasteiger partial charge is 0.142 e. The standard InChI is InChI=1S/C16H12FN5/c1-10(21-22-18)14-5-4-11-3-2-6-20-16(11)15(14)12-7-13(17)9-19-8-12/h2-10H,1H3. The van der Waals surface area contributed by atoms with E-state index < -0.39 is 11.9 Å². The lowest BCUT2D eigenvalue weighted by molar-refractivity contribution is 0.622. The number of rotatable bonds is 3. The van der Waals surface area contributed by atoms with Gasteiger partial charge in [-0.05, 0) is 23.2 Å². The number of hydrogen-bond donors (Lipinski definition) is 0. The summed E-state index contributed by atoms with van der Waals surface area (Å²) in [5, 5.41) is 4.68. The molecule has 1 atom stereocenters. The van der Waals surface area contributed by atoms with Crippen molar-refractivity contribution in [3.63, 3.8) is 0 Å². The largest absolute Gasteiger partial charge is 0.261 e. The molecule has 5 nitrogen and oxygen atoms in total. The molecule has 0 saturated heterocycles. The first kappa shape index (κ1) is 14.0. The van der Waals surface area contributed by atoms with Crippen molar-refractivity contribution >= 4 is 10.9 Å². The van der Waals surface area contributed by atoms with Crippen molar-refractivity contribution in [1.82, 2.24) is 9.97 Å². The highest BCUT2D eigenvalue weighted by atomic mass is 19.1. The molecule has 3 aromatic rings. The Morgan fingerprint density at radius 2 is 2.14 bits per heavy atom. The van der Waals surface area contributed by atoms with Crippen molar-refractivity contribution in [2.75, 3.05) is 0 Å². The van der Waals surface area contributed by atoms with Gasteiger partial charge in [0.25, 0.3) is 0 Å². The zero-order chi connectivity index (χ0) is 15.5. The number of halogens is 1. The van der Waals surface area contributed by atoms with Crippen molar-refractivity contribution in [1.29, 1.82) is 0 Å². The van der Waals surface area contributed by atoms with Crippen LogP contribution >= 0.6 is 0 Å². The van der Waals surface area contributed by atoms with Crippen LogP contribution in [0.2, 0.25) is 0 Å². The lowest BCUT2D eigenvalue weighted by atomic mass is 9.94. The number of hydrogen-bond acceptors (Lipinski definition) is 3. The average molecular weight is 293 g/mol. The highest BCUT2D eigenvalue weighted by molar-refractivity contribution is 5.95. The average Bonchev–Trinajstić information content (AvgIpc) is 2.54. The van der Waals surface area contributed by atoms with Crippen LogP contribution in [0.5, 0.6) is 0 Å². The molecule has 22 heavy (non-hydrogen) atoms. The Morgan fingerprint density at radius 1 is 1.27 bits per heavy atom. The van der Waals surface area contributed by atoms with E-state index in [9.17, 15) is 4.39 Å². The van der Waals surface area contributed by atoms with Crippen molar-refractivity contribution in [2.45, 2.75) is 13.0 Å². The molecule has 0 N–H and O–H groups in total. The van der Waals surface area contributed by atoms with Gasteiger partial charge < -0.3 is 0 Å². The molecule has 0 fully saturated rings. The molecular formula is C16H12FN5. The van der Waals surface area contributed by atoms with Gasteiger partial charge in [0, 0.05) is 33.8 Å². The first-order valence-electron chi connectivity index (χ1n) is 6.73. The van der Waals surface area contributed by atoms with Crippen LogP contribution in [0.1, 0.15) is 18.5 Å². The Kier molecular flexibility index (Phi) is 3.68. The molecule has 2 aromatic heterocycles. The monoisotopic (exact) mass is 293 g/mol. The minimum atomic E-state index is -0.423. The zero-order valence-corrected chi connectivity index (χ0v) is 11.8. The van der Waals surface area contributed by atoms with Crippen LogP contribution in [0, 0.1) is 5.82 Å². The topological polar surface area (TPSA) is 74.5 Å². The Labute approximate surface area is 126 Å². The minimum absolute atomic E-state index is 0.394. The molecule has 3 rings (SSSR count). The van der Waals surface area contributed by atoms with Gasteiger partial charge >= 0.3 is 0 Å². The molecule has 0 aliphatic rings. The Bertz CT molecular complexity index is 887. The summed E-state index contributed by atoms with van der Waals surface area (Å²) >= 11 is 0. The molecule has 0 amide bonds. The third kappa shape index (κ3) is 2.47. The van der Waals surface area contributed by atoms with Crippen LogP contribution in [0.3, 0.4) is 0 Å². The number of fused-ring (bicyclic) bond motifs is 1. The molecule has 2 heterocycles. The van der Waals surface area contributed by atoms with Gasteiger partial charge in [-0.25, -0.2) is 4.39 Å². The molecule has 0 saturated carbocycles. The molecule has 0 radical (unpaired) electrons. The van der Waals surface area contributed by atoms with E-state index in [0.29, 0.717) is 5.56 Å². The molecule has 6 heteroatoms. The fraction of sp³-hybridized carbons (Fsp3) is 0.125. The van der Waals surface area contributed by atoms with Gasteiger partial charge in [-0.2, -0.15) is 0 Å². The summed E-state index contributed by atoms with van der Waals surface area (Å²) < 4.78 is 13.6. The highest BCUT2D eigenvalue weighted by Crippen LogP contribution is 2.35. The number of nitrogens with zero attached hydrogens (tertiary/aromatic N) is 5. The lowest BCUT2D eigenvalue weighted by Crippen LogP contribution is -1.97. The van der Waals surface area contributed by atoms with Crippen LogP contribution in [-0.2, 0) is 0 Å². The van der Waals surface area contributed by atoms with Crippen LogP contribution in [0.15, 0.2) is 54.0 Å². The Hall–Kier alpha value is -2.98. The fourth-order valence-corrected chi connectivity index (χ4v) is 2.50. The van der Waals surface area contributed by atoms with E-state index in [-0.39, 0.29) is 0 Å². The van der Waals surface area contributed by atoms with E-state index in [2.05, 4.69) is 20.0 Å². The van der Waals surface area contributed by atoms with Crippen LogP contribution in [-0.4, -0.2) is 9.97 Å². The van der Waals surface area contributed by atoms with Crippen molar-refractivity contribution in [3.8, 4) is 11.1 Å². The second-order valence-corrected chi connectivity index (χ2v) is 4.88. The number of benzene rings is 1. The maximum absolute atomic E-state index is 13.6. The first-order valence-corrected chi connectivity index (χ1v) is 6.73. The van der Waals surface area contributed by atoms with Gasteiger partial charge in [-0.1, -0.05) is 30.2 Å². The third-order valence-electron chi connectivity index (χ3n) is 3.48. The van der Waals surface area contributed by atoms with E-state index >= 15 is 0 Å². The van der Waals surface area contributed by atoms with Gasteiger partial charge in [-0.3, -0.25) is 9.97 Å². The predicted molar refractivity (Wildman–Crippen MR) is 82.5 cm³/mol. The molecule has 1 aromatic carbocycles. The van der Waals surface area contributed by atoms with E-state index in [0.717, 1.165) is 28.2 Å². The van der Waals surface area contributed by atoms with Crippen LogP contribution in [0.4, 0.5) is 4.39 Å². The van der Waals surface area contributed by atoms with Crippen LogP contribution < -0.4 is 0 Å². The molecule has 1 unspecified atom stereocenters. The van der Waals surface area contributed by atoms with Gasteiger partial charge in [-0.15, -0.1) is 0 Å². The lowest BCUT2D eigenvalue weighted by Gasteiger charge is -2.15. The van der Waals surface area contributed by atoms with Crippen molar-refractivity contribution < 1.29 is 4.39 Å².